The summed E-state index contributed by atoms with van der Waals surface area (Å²) in [5, 5.41) is 11.5. The fraction of sp³-hybridized carbons (Fsp3) is 0.429. The van der Waals surface area contributed by atoms with E-state index < -0.39 is 11.9 Å². The second kappa shape index (κ2) is 6.02. The van der Waals surface area contributed by atoms with Crippen molar-refractivity contribution < 1.29 is 24.3 Å². The summed E-state index contributed by atoms with van der Waals surface area (Å²) < 4.78 is 0. The van der Waals surface area contributed by atoms with E-state index in [1.54, 1.807) is 24.3 Å². The molecule has 2 N–H and O–H groups in total. The van der Waals surface area contributed by atoms with Crippen molar-refractivity contribution in [2.24, 2.45) is 35.5 Å². The number of carbonyl (C=O) groups is 4. The van der Waals surface area contributed by atoms with Crippen LogP contribution in [0.5, 0.6) is 0 Å². The van der Waals surface area contributed by atoms with Crippen LogP contribution in [0.3, 0.4) is 0 Å². The molecule has 2 bridgehead atoms. The highest BCUT2D eigenvalue weighted by Crippen LogP contribution is 2.65. The van der Waals surface area contributed by atoms with Crippen molar-refractivity contribution in [1.82, 2.24) is 4.90 Å². The second-order valence-corrected chi connectivity index (χ2v) is 8.23. The molecule has 3 fully saturated rings. The van der Waals surface area contributed by atoms with Crippen molar-refractivity contribution in [2.45, 2.75) is 12.8 Å². The van der Waals surface area contributed by atoms with Gasteiger partial charge in [-0.15, -0.1) is 0 Å². The fourth-order valence-corrected chi connectivity index (χ4v) is 5.40. The van der Waals surface area contributed by atoms with Crippen LogP contribution >= 0.6 is 0 Å². The number of anilines is 1. The monoisotopic (exact) mass is 380 g/mol. The summed E-state index contributed by atoms with van der Waals surface area (Å²) in [6, 6.07) is 6.47. The highest BCUT2D eigenvalue weighted by molar-refractivity contribution is 6.09. The number of likely N-dealkylation sites (tertiary alicyclic amines) is 1. The molecule has 7 heteroatoms. The smallest absolute Gasteiger partial charge is 0.307 e. The van der Waals surface area contributed by atoms with Gasteiger partial charge in [0.15, 0.2) is 0 Å². The number of carbonyl (C=O) groups excluding carboxylic acids is 3. The van der Waals surface area contributed by atoms with Gasteiger partial charge in [-0.1, -0.05) is 24.3 Å². The Balaban J connectivity index is 1.25. The molecule has 6 rings (SSSR count). The highest BCUT2D eigenvalue weighted by Gasteiger charge is 2.67. The van der Waals surface area contributed by atoms with Crippen LogP contribution in [0, 0.1) is 35.5 Å². The fourth-order valence-electron chi connectivity index (χ4n) is 5.40. The molecule has 0 spiro atoms. The molecule has 1 aromatic carbocycles. The number of imide groups is 1. The third-order valence-corrected chi connectivity index (χ3v) is 6.65. The van der Waals surface area contributed by atoms with E-state index in [0.717, 1.165) is 11.3 Å². The summed E-state index contributed by atoms with van der Waals surface area (Å²) in [6.07, 6.45) is 5.22. The van der Waals surface area contributed by atoms with Crippen LogP contribution in [0.1, 0.15) is 12.0 Å². The number of amides is 3. The second-order valence-electron chi connectivity index (χ2n) is 8.23. The van der Waals surface area contributed by atoms with Crippen LogP contribution in [0.25, 0.3) is 0 Å². The average molecular weight is 380 g/mol. The number of rotatable bonds is 5. The molecule has 1 aliphatic heterocycles. The summed E-state index contributed by atoms with van der Waals surface area (Å²) in [5.74, 6) is -1.03. The molecule has 2 saturated carbocycles. The lowest BCUT2D eigenvalue weighted by atomic mass is 9.63. The maximum absolute atomic E-state index is 12.9. The minimum absolute atomic E-state index is 0.0911. The number of benzene rings is 1. The Morgan fingerprint density at radius 3 is 2.11 bits per heavy atom. The van der Waals surface area contributed by atoms with Crippen LogP contribution in [0.15, 0.2) is 36.4 Å². The Kier molecular flexibility index (Phi) is 3.69. The molecular weight excluding hydrogens is 360 g/mol. The molecule has 7 nitrogen and oxygen atoms in total. The predicted molar refractivity (Wildman–Crippen MR) is 97.8 cm³/mol. The molecule has 3 amide bonds. The van der Waals surface area contributed by atoms with Crippen molar-refractivity contribution in [3.8, 4) is 0 Å². The van der Waals surface area contributed by atoms with E-state index in [4.69, 9.17) is 5.11 Å². The number of hydrogen-bond donors (Lipinski definition) is 2. The standard InChI is InChI=1S/C21H20N2O5/c24-16(22-11-3-1-10(2-4-11)7-17(25)26)9-23-20(27)18-12-5-6-13(15-8-14(12)15)19(18)21(23)28/h1-6,12-15,18-19H,7-9H2,(H,22,24)(H,25,26)/t12-,13-,14-,15-,18-,19+/m0/s1. The first kappa shape index (κ1) is 17.2. The van der Waals surface area contributed by atoms with Gasteiger partial charge >= 0.3 is 5.97 Å². The molecule has 0 radical (unpaired) electrons. The number of nitrogens with zero attached hydrogens (tertiary/aromatic N) is 1. The molecule has 0 aromatic heterocycles. The van der Waals surface area contributed by atoms with E-state index in [1.165, 1.54) is 0 Å². The van der Waals surface area contributed by atoms with Crippen molar-refractivity contribution in [3.05, 3.63) is 42.0 Å². The summed E-state index contributed by atoms with van der Waals surface area (Å²) >= 11 is 0. The van der Waals surface area contributed by atoms with Crippen LogP contribution in [0.4, 0.5) is 5.69 Å². The molecule has 6 atom stereocenters. The topological polar surface area (TPSA) is 104 Å². The minimum atomic E-state index is -0.926. The van der Waals surface area contributed by atoms with Crippen molar-refractivity contribution in [1.29, 1.82) is 0 Å². The molecule has 1 heterocycles. The van der Waals surface area contributed by atoms with Gasteiger partial charge in [-0.3, -0.25) is 24.1 Å². The molecule has 1 aromatic rings. The Morgan fingerprint density at radius 2 is 1.57 bits per heavy atom. The van der Waals surface area contributed by atoms with E-state index in [1.807, 2.05) is 0 Å². The first-order chi connectivity index (χ1) is 13.4. The quantitative estimate of drug-likeness (QED) is 0.592. The van der Waals surface area contributed by atoms with E-state index >= 15 is 0 Å². The number of carboxylic acids is 1. The average Bonchev–Trinajstić information content (AvgIpc) is 3.44. The van der Waals surface area contributed by atoms with Gasteiger partial charge in [0, 0.05) is 5.69 Å². The van der Waals surface area contributed by atoms with E-state index in [2.05, 4.69) is 17.5 Å². The van der Waals surface area contributed by atoms with Gasteiger partial charge in [0.1, 0.15) is 6.54 Å². The van der Waals surface area contributed by atoms with Gasteiger partial charge < -0.3 is 10.4 Å². The van der Waals surface area contributed by atoms with Crippen LogP contribution in [-0.4, -0.2) is 40.2 Å². The number of hydrogen-bond acceptors (Lipinski definition) is 4. The molecular formula is C21H20N2O5. The van der Waals surface area contributed by atoms with Gasteiger partial charge in [-0.25, -0.2) is 0 Å². The zero-order chi connectivity index (χ0) is 19.6. The van der Waals surface area contributed by atoms with Crippen molar-refractivity contribution in [3.63, 3.8) is 0 Å². The van der Waals surface area contributed by atoms with E-state index in [0.29, 0.717) is 23.1 Å². The Morgan fingerprint density at radius 1 is 1.00 bits per heavy atom. The number of aliphatic carboxylic acids is 1. The van der Waals surface area contributed by atoms with Gasteiger partial charge in [-0.2, -0.15) is 0 Å². The SMILES string of the molecule is O=C(O)Cc1ccc(NC(=O)CN2C(=O)[C@@H]3[C@H]4C=C[C@@H]([C@@H]5C[C@@H]45)[C@@H]3C2=O)cc1. The van der Waals surface area contributed by atoms with E-state index in [-0.39, 0.29) is 48.5 Å². The van der Waals surface area contributed by atoms with Gasteiger partial charge in [0.25, 0.3) is 0 Å². The number of allylic oxidation sites excluding steroid dienone is 2. The lowest BCUT2D eigenvalue weighted by molar-refractivity contribution is -0.143. The summed E-state index contributed by atoms with van der Waals surface area (Å²) in [7, 11) is 0. The first-order valence-electron chi connectivity index (χ1n) is 9.58. The van der Waals surface area contributed by atoms with Crippen molar-refractivity contribution >= 4 is 29.4 Å². The Labute approximate surface area is 161 Å². The number of nitrogens with one attached hydrogen (secondary N) is 1. The maximum atomic E-state index is 12.9. The third kappa shape index (κ3) is 2.57. The van der Waals surface area contributed by atoms with Crippen molar-refractivity contribution in [2.75, 3.05) is 11.9 Å². The van der Waals surface area contributed by atoms with Crippen LogP contribution in [0.2, 0.25) is 0 Å². The molecule has 28 heavy (non-hydrogen) atoms. The van der Waals surface area contributed by atoms with E-state index in [9.17, 15) is 19.2 Å². The normalized spacial score (nSPS) is 34.2. The van der Waals surface area contributed by atoms with Gasteiger partial charge in [0.2, 0.25) is 17.7 Å². The lowest BCUT2D eigenvalue weighted by Gasteiger charge is -2.37. The predicted octanol–water partition coefficient (Wildman–Crippen LogP) is 1.31. The molecule has 4 aliphatic carbocycles. The van der Waals surface area contributed by atoms with Crippen LogP contribution < -0.4 is 5.32 Å². The summed E-state index contributed by atoms with van der Waals surface area (Å²) in [6.45, 7) is -0.281. The zero-order valence-corrected chi connectivity index (χ0v) is 15.1. The maximum Gasteiger partial charge on any atom is 0.307 e. The first-order valence-corrected chi connectivity index (χ1v) is 9.58. The third-order valence-electron chi connectivity index (χ3n) is 6.65. The van der Waals surface area contributed by atoms with Gasteiger partial charge in [0.05, 0.1) is 18.3 Å². The molecule has 0 unspecified atom stereocenters. The molecule has 1 saturated heterocycles. The van der Waals surface area contributed by atoms with Gasteiger partial charge in [-0.05, 0) is 47.8 Å². The Hall–Kier alpha value is -2.96. The summed E-state index contributed by atoms with van der Waals surface area (Å²) in [5.41, 5.74) is 1.12. The lowest BCUT2D eigenvalue weighted by Crippen LogP contribution is -2.40. The minimum Gasteiger partial charge on any atom is -0.481 e. The number of carboxylic acid groups (broad SMARTS) is 1. The zero-order valence-electron chi connectivity index (χ0n) is 15.1. The Bertz CT molecular complexity index is 885. The highest BCUT2D eigenvalue weighted by atomic mass is 16.4. The largest absolute Gasteiger partial charge is 0.481 e. The summed E-state index contributed by atoms with van der Waals surface area (Å²) in [4.78, 5) is 50.0. The molecule has 5 aliphatic rings. The molecule has 144 valence electrons. The van der Waals surface area contributed by atoms with Crippen LogP contribution in [-0.2, 0) is 25.6 Å².